The van der Waals surface area contributed by atoms with Crippen LogP contribution in [0.5, 0.6) is 5.75 Å². The molecule has 3 aromatic carbocycles. The largest absolute Gasteiger partial charge is 0.537 e. The fourth-order valence-electron chi connectivity index (χ4n) is 2.26. The van der Waals surface area contributed by atoms with Crippen LogP contribution in [0.25, 0.3) is 0 Å². The van der Waals surface area contributed by atoms with Gasteiger partial charge in [-0.05, 0) is 51.2 Å². The van der Waals surface area contributed by atoms with Gasteiger partial charge in [0, 0.05) is 3.57 Å². The molecule has 1 nitrogen and oxygen atoms in total. The molecule has 0 aliphatic carbocycles. The van der Waals surface area contributed by atoms with Crippen molar-refractivity contribution in [3.8, 4) is 5.75 Å². The van der Waals surface area contributed by atoms with E-state index in [1.807, 2.05) is 24.3 Å². The van der Waals surface area contributed by atoms with Gasteiger partial charge in [-0.25, -0.2) is 0 Å². The Morgan fingerprint density at radius 3 is 1.76 bits per heavy atom. The van der Waals surface area contributed by atoms with Crippen LogP contribution < -0.4 is 14.8 Å². The van der Waals surface area contributed by atoms with Crippen molar-refractivity contribution in [2.45, 2.75) is 0 Å². The quantitative estimate of drug-likeness (QED) is 0.481. The van der Waals surface area contributed by atoms with Gasteiger partial charge in [0.1, 0.15) is 5.75 Å². The van der Waals surface area contributed by atoms with Crippen molar-refractivity contribution >= 4 is 42.0 Å². The van der Waals surface area contributed by atoms with Gasteiger partial charge < -0.3 is 4.43 Å². The summed E-state index contributed by atoms with van der Waals surface area (Å²) in [6.07, 6.45) is 0. The van der Waals surface area contributed by atoms with E-state index in [9.17, 15) is 0 Å². The lowest BCUT2D eigenvalue weighted by Gasteiger charge is -2.18. The Bertz CT molecular complexity index is 661. The summed E-state index contributed by atoms with van der Waals surface area (Å²) in [5.41, 5.74) is 0. The first-order valence-electron chi connectivity index (χ1n) is 6.85. The molecule has 0 unspecified atom stereocenters. The van der Waals surface area contributed by atoms with Crippen LogP contribution in [0.2, 0.25) is 0 Å². The van der Waals surface area contributed by atoms with Gasteiger partial charge in [0.25, 0.3) is 9.04 Å². The highest BCUT2D eigenvalue weighted by molar-refractivity contribution is 14.1. The van der Waals surface area contributed by atoms with Crippen LogP contribution in [0.1, 0.15) is 0 Å². The number of rotatable bonds is 4. The van der Waals surface area contributed by atoms with E-state index in [0.29, 0.717) is 0 Å². The summed E-state index contributed by atoms with van der Waals surface area (Å²) in [6, 6.07) is 29.3. The van der Waals surface area contributed by atoms with Gasteiger partial charge in [-0.2, -0.15) is 0 Å². The lowest BCUT2D eigenvalue weighted by atomic mass is 10.3. The van der Waals surface area contributed by atoms with Crippen LogP contribution in [0.15, 0.2) is 84.9 Å². The van der Waals surface area contributed by atoms with Crippen LogP contribution in [0.4, 0.5) is 0 Å². The average Bonchev–Trinajstić information content (AvgIpc) is 2.54. The maximum Gasteiger partial charge on any atom is 0.299 e. The highest BCUT2D eigenvalue weighted by atomic mass is 127. The van der Waals surface area contributed by atoms with Crippen molar-refractivity contribution in [2.24, 2.45) is 0 Å². The second kappa shape index (κ2) is 6.91. The van der Waals surface area contributed by atoms with Gasteiger partial charge in [0.05, 0.1) is 0 Å². The molecule has 3 heteroatoms. The van der Waals surface area contributed by atoms with Crippen LogP contribution in [0.3, 0.4) is 0 Å². The fraction of sp³-hybridized carbons (Fsp3) is 0. The monoisotopic (exact) mass is 402 g/mol. The predicted octanol–water partition coefficient (Wildman–Crippen LogP) is 3.21. The van der Waals surface area contributed by atoms with Crippen molar-refractivity contribution in [3.05, 3.63) is 88.5 Å². The molecule has 0 bridgehead atoms. The van der Waals surface area contributed by atoms with Gasteiger partial charge in [-0.15, -0.1) is 0 Å². The Labute approximate surface area is 140 Å². The molecule has 0 radical (unpaired) electrons. The van der Waals surface area contributed by atoms with Crippen molar-refractivity contribution in [2.75, 3.05) is 0 Å². The molecule has 0 N–H and O–H groups in total. The first-order chi connectivity index (χ1) is 10.3. The molecule has 0 amide bonds. The summed E-state index contributed by atoms with van der Waals surface area (Å²) >= 11 is 2.32. The molecule has 0 heterocycles. The maximum atomic E-state index is 6.40. The van der Waals surface area contributed by atoms with Gasteiger partial charge in [0.2, 0.25) is 0 Å². The molecule has 3 aromatic rings. The van der Waals surface area contributed by atoms with Gasteiger partial charge in [-0.3, -0.25) is 0 Å². The first-order valence-corrected chi connectivity index (χ1v) is 9.55. The van der Waals surface area contributed by atoms with Crippen molar-refractivity contribution in [1.29, 1.82) is 0 Å². The van der Waals surface area contributed by atoms with Crippen LogP contribution >= 0.6 is 22.6 Å². The highest BCUT2D eigenvalue weighted by Gasteiger charge is 2.19. The Morgan fingerprint density at radius 2 is 1.24 bits per heavy atom. The van der Waals surface area contributed by atoms with E-state index >= 15 is 0 Å². The van der Waals surface area contributed by atoms with Crippen LogP contribution in [-0.4, -0.2) is 9.04 Å². The minimum atomic E-state index is -1.70. The molecule has 0 aliphatic heterocycles. The number of benzene rings is 3. The molecule has 104 valence electrons. The summed E-state index contributed by atoms with van der Waals surface area (Å²) < 4.78 is 7.59. The first kappa shape index (κ1) is 14.3. The molecule has 0 fully saturated rings. The molecule has 0 saturated carbocycles. The normalized spacial score (nSPS) is 10.6. The molecule has 0 aliphatic rings. The number of hydrogen-bond donors (Lipinski definition) is 0. The molecular formula is C18H15IOSi. The number of hydrogen-bond acceptors (Lipinski definition) is 1. The molecule has 0 atom stereocenters. The molecule has 21 heavy (non-hydrogen) atoms. The summed E-state index contributed by atoms with van der Waals surface area (Å²) in [4.78, 5) is 0. The third-order valence-electron chi connectivity index (χ3n) is 3.25. The minimum Gasteiger partial charge on any atom is -0.537 e. The summed E-state index contributed by atoms with van der Waals surface area (Å²) in [5.74, 6) is 0.950. The Morgan fingerprint density at radius 1 is 0.667 bits per heavy atom. The van der Waals surface area contributed by atoms with E-state index in [1.165, 1.54) is 13.9 Å². The third kappa shape index (κ3) is 3.74. The molecule has 3 rings (SSSR count). The second-order valence-corrected chi connectivity index (χ2v) is 8.35. The van der Waals surface area contributed by atoms with Gasteiger partial charge in [0.15, 0.2) is 0 Å². The number of halogens is 1. The summed E-state index contributed by atoms with van der Waals surface area (Å²) in [7, 11) is -1.70. The van der Waals surface area contributed by atoms with E-state index in [0.717, 1.165) is 5.75 Å². The topological polar surface area (TPSA) is 9.23 Å². The molecule has 0 aromatic heterocycles. The van der Waals surface area contributed by atoms with E-state index < -0.39 is 9.04 Å². The zero-order valence-corrected chi connectivity index (χ0v) is 14.8. The summed E-state index contributed by atoms with van der Waals surface area (Å²) in [6.45, 7) is 0. The lowest BCUT2D eigenvalue weighted by molar-refractivity contribution is 0.591. The smallest absolute Gasteiger partial charge is 0.299 e. The van der Waals surface area contributed by atoms with Crippen LogP contribution in [0, 0.1) is 3.57 Å². The fourth-order valence-corrected chi connectivity index (χ4v) is 4.99. The lowest BCUT2D eigenvalue weighted by Crippen LogP contribution is -2.47. The zero-order valence-electron chi connectivity index (χ0n) is 11.4. The van der Waals surface area contributed by atoms with E-state index in [1.54, 1.807) is 0 Å². The Hall–Kier alpha value is -1.59. The predicted molar refractivity (Wildman–Crippen MR) is 99.1 cm³/mol. The van der Waals surface area contributed by atoms with E-state index in [-0.39, 0.29) is 0 Å². The van der Waals surface area contributed by atoms with E-state index in [2.05, 4.69) is 83.3 Å². The minimum absolute atomic E-state index is 0.950. The average molecular weight is 402 g/mol. The summed E-state index contributed by atoms with van der Waals surface area (Å²) in [5, 5.41) is 2.59. The molecular weight excluding hydrogens is 387 g/mol. The van der Waals surface area contributed by atoms with Crippen LogP contribution in [-0.2, 0) is 0 Å². The zero-order chi connectivity index (χ0) is 14.5. The SMILES string of the molecule is Ic1cccc(O[SiH](c2ccccc2)c2ccccc2)c1. The van der Waals surface area contributed by atoms with Crippen molar-refractivity contribution in [3.63, 3.8) is 0 Å². The highest BCUT2D eigenvalue weighted by Crippen LogP contribution is 2.15. The van der Waals surface area contributed by atoms with Crippen molar-refractivity contribution in [1.82, 2.24) is 0 Å². The Kier molecular flexibility index (Phi) is 4.72. The maximum absolute atomic E-state index is 6.40. The Balaban J connectivity index is 1.97. The molecule has 0 saturated heterocycles. The van der Waals surface area contributed by atoms with Gasteiger partial charge in [-0.1, -0.05) is 66.7 Å². The standard InChI is InChI=1S/C18H15IOSi/c19-15-8-7-9-16(14-15)20-21(17-10-3-1-4-11-17)18-12-5-2-6-13-18/h1-14,21H. The second-order valence-electron chi connectivity index (χ2n) is 4.78. The molecule has 0 spiro atoms. The third-order valence-corrected chi connectivity index (χ3v) is 6.41. The van der Waals surface area contributed by atoms with E-state index in [4.69, 9.17) is 4.43 Å². The van der Waals surface area contributed by atoms with Crippen molar-refractivity contribution < 1.29 is 4.43 Å². The van der Waals surface area contributed by atoms with Gasteiger partial charge >= 0.3 is 0 Å².